The number of halogens is 1. The smallest absolute Gasteiger partial charge is 0.275 e. The molecular weight excluding hydrogens is 343 g/mol. The first kappa shape index (κ1) is 12.7. The fraction of sp³-hybridized carbons (Fsp3) is 0.0833. The summed E-state index contributed by atoms with van der Waals surface area (Å²) in [5.41, 5.74) is 1.03. The first-order valence-corrected chi connectivity index (χ1v) is 6.33. The molecule has 0 aliphatic carbocycles. The van der Waals surface area contributed by atoms with Crippen LogP contribution in [0.15, 0.2) is 36.7 Å². The summed E-state index contributed by atoms with van der Waals surface area (Å²) in [5.74, 6) is 0.355. The Kier molecular flexibility index (Phi) is 4.08. The second kappa shape index (κ2) is 5.76. The summed E-state index contributed by atoms with van der Waals surface area (Å²) in [6.45, 7) is 0. The van der Waals surface area contributed by atoms with Gasteiger partial charge >= 0.3 is 0 Å². The minimum Gasteiger partial charge on any atom is -0.372 e. The number of anilines is 2. The third-order valence-electron chi connectivity index (χ3n) is 2.22. The molecule has 0 atom stereocenters. The molecule has 5 nitrogen and oxygen atoms in total. The van der Waals surface area contributed by atoms with E-state index >= 15 is 0 Å². The molecule has 92 valence electrons. The maximum absolute atomic E-state index is 11.9. The number of aromatic nitrogens is 2. The lowest BCUT2D eigenvalue weighted by molar-refractivity contribution is 0.102. The van der Waals surface area contributed by atoms with Crippen molar-refractivity contribution in [2.45, 2.75) is 0 Å². The van der Waals surface area contributed by atoms with E-state index < -0.39 is 0 Å². The van der Waals surface area contributed by atoms with Crippen LogP contribution in [0.25, 0.3) is 0 Å². The lowest BCUT2D eigenvalue weighted by Gasteiger charge is -2.05. The van der Waals surface area contributed by atoms with Crippen molar-refractivity contribution in [3.05, 3.63) is 45.9 Å². The largest absolute Gasteiger partial charge is 0.372 e. The van der Waals surface area contributed by atoms with Crippen LogP contribution in [0.5, 0.6) is 0 Å². The molecule has 0 bridgehead atoms. The molecule has 1 aromatic heterocycles. The molecule has 18 heavy (non-hydrogen) atoms. The van der Waals surface area contributed by atoms with Crippen molar-refractivity contribution in [1.29, 1.82) is 0 Å². The summed E-state index contributed by atoms with van der Waals surface area (Å²) in [5, 5.41) is 5.61. The van der Waals surface area contributed by atoms with Crippen molar-refractivity contribution in [2.24, 2.45) is 0 Å². The van der Waals surface area contributed by atoms with E-state index in [0.717, 1.165) is 9.26 Å². The first-order chi connectivity index (χ1) is 8.69. The number of amides is 1. The van der Waals surface area contributed by atoms with Crippen molar-refractivity contribution >= 4 is 40.0 Å². The average molecular weight is 354 g/mol. The molecule has 0 saturated heterocycles. The van der Waals surface area contributed by atoms with Gasteiger partial charge in [0, 0.05) is 16.3 Å². The second-order valence-electron chi connectivity index (χ2n) is 3.50. The Morgan fingerprint density at radius 1 is 1.28 bits per heavy atom. The molecule has 0 saturated carbocycles. The van der Waals surface area contributed by atoms with E-state index in [1.54, 1.807) is 7.05 Å². The average Bonchev–Trinajstić information content (AvgIpc) is 2.39. The van der Waals surface area contributed by atoms with Crippen molar-refractivity contribution < 1.29 is 4.79 Å². The number of nitrogens with one attached hydrogen (secondary N) is 2. The van der Waals surface area contributed by atoms with Gasteiger partial charge < -0.3 is 10.6 Å². The third kappa shape index (κ3) is 3.16. The number of hydrogen-bond acceptors (Lipinski definition) is 4. The lowest BCUT2D eigenvalue weighted by atomic mass is 10.3. The molecule has 1 amide bonds. The number of carbonyl (C=O) groups excluding carboxylic acids is 1. The zero-order valence-electron chi connectivity index (χ0n) is 9.64. The van der Waals surface area contributed by atoms with Crippen LogP contribution in [-0.4, -0.2) is 22.9 Å². The van der Waals surface area contributed by atoms with Gasteiger partial charge in [0.05, 0.1) is 12.4 Å². The quantitative estimate of drug-likeness (QED) is 0.831. The topological polar surface area (TPSA) is 66.9 Å². The highest BCUT2D eigenvalue weighted by atomic mass is 127. The van der Waals surface area contributed by atoms with Gasteiger partial charge in [-0.2, -0.15) is 0 Å². The van der Waals surface area contributed by atoms with Gasteiger partial charge in [0.1, 0.15) is 11.5 Å². The maximum atomic E-state index is 11.9. The zero-order valence-corrected chi connectivity index (χ0v) is 11.8. The molecule has 0 radical (unpaired) electrons. The van der Waals surface area contributed by atoms with E-state index in [4.69, 9.17) is 0 Å². The fourth-order valence-corrected chi connectivity index (χ4v) is 1.88. The second-order valence-corrected chi connectivity index (χ2v) is 4.75. The van der Waals surface area contributed by atoms with E-state index in [1.165, 1.54) is 12.4 Å². The van der Waals surface area contributed by atoms with Crippen LogP contribution in [0, 0.1) is 3.57 Å². The van der Waals surface area contributed by atoms with E-state index in [2.05, 4.69) is 43.2 Å². The SMILES string of the molecule is CNc1cnc(C(=O)Nc2cccc(I)c2)cn1. The Morgan fingerprint density at radius 2 is 2.11 bits per heavy atom. The highest BCUT2D eigenvalue weighted by molar-refractivity contribution is 14.1. The molecular formula is C12H11IN4O. The number of nitrogens with zero attached hydrogens (tertiary/aromatic N) is 2. The molecule has 2 N–H and O–H groups in total. The summed E-state index contributed by atoms with van der Waals surface area (Å²) < 4.78 is 1.06. The monoisotopic (exact) mass is 354 g/mol. The van der Waals surface area contributed by atoms with Crippen LogP contribution >= 0.6 is 22.6 Å². The molecule has 0 aliphatic rings. The van der Waals surface area contributed by atoms with Crippen LogP contribution in [0.1, 0.15) is 10.5 Å². The number of hydrogen-bond donors (Lipinski definition) is 2. The van der Waals surface area contributed by atoms with Crippen LogP contribution < -0.4 is 10.6 Å². The third-order valence-corrected chi connectivity index (χ3v) is 2.89. The van der Waals surface area contributed by atoms with E-state index in [9.17, 15) is 4.79 Å². The number of carbonyl (C=O) groups is 1. The molecule has 1 aromatic carbocycles. The Bertz CT molecular complexity index is 556. The molecule has 0 unspecified atom stereocenters. The van der Waals surface area contributed by atoms with Gasteiger partial charge in [0.2, 0.25) is 0 Å². The maximum Gasteiger partial charge on any atom is 0.275 e. The summed E-state index contributed by atoms with van der Waals surface area (Å²) >= 11 is 2.19. The predicted molar refractivity (Wildman–Crippen MR) is 78.7 cm³/mol. The van der Waals surface area contributed by atoms with Gasteiger partial charge in [0.25, 0.3) is 5.91 Å². The van der Waals surface area contributed by atoms with Crippen LogP contribution in [-0.2, 0) is 0 Å². The van der Waals surface area contributed by atoms with Crippen molar-refractivity contribution in [2.75, 3.05) is 17.7 Å². The molecule has 6 heteroatoms. The molecule has 2 aromatic rings. The van der Waals surface area contributed by atoms with Gasteiger partial charge in [-0.1, -0.05) is 6.07 Å². The minimum absolute atomic E-state index is 0.271. The standard InChI is InChI=1S/C12H11IN4O/c1-14-11-7-15-10(6-16-11)12(18)17-9-4-2-3-8(13)5-9/h2-7H,1H3,(H,14,16)(H,17,18). The Morgan fingerprint density at radius 3 is 2.72 bits per heavy atom. The molecule has 1 heterocycles. The minimum atomic E-state index is -0.271. The molecule has 0 spiro atoms. The molecule has 0 aliphatic heterocycles. The molecule has 2 rings (SSSR count). The Hall–Kier alpha value is -1.70. The number of rotatable bonds is 3. The van der Waals surface area contributed by atoms with Crippen LogP contribution in [0.4, 0.5) is 11.5 Å². The fourth-order valence-electron chi connectivity index (χ4n) is 1.34. The lowest BCUT2D eigenvalue weighted by Crippen LogP contribution is -2.14. The van der Waals surface area contributed by atoms with Crippen molar-refractivity contribution in [3.63, 3.8) is 0 Å². The van der Waals surface area contributed by atoms with Gasteiger partial charge in [-0.15, -0.1) is 0 Å². The first-order valence-electron chi connectivity index (χ1n) is 5.26. The summed E-state index contributed by atoms with van der Waals surface area (Å²) in [4.78, 5) is 20.0. The summed E-state index contributed by atoms with van der Waals surface area (Å²) in [6.07, 6.45) is 2.96. The van der Waals surface area contributed by atoms with Crippen LogP contribution in [0.2, 0.25) is 0 Å². The van der Waals surface area contributed by atoms with Crippen molar-refractivity contribution in [3.8, 4) is 0 Å². The Labute approximate surface area is 118 Å². The number of benzene rings is 1. The summed E-state index contributed by atoms with van der Waals surface area (Å²) in [6, 6.07) is 7.55. The predicted octanol–water partition coefficient (Wildman–Crippen LogP) is 2.38. The highest BCUT2D eigenvalue weighted by Gasteiger charge is 2.08. The van der Waals surface area contributed by atoms with Crippen LogP contribution in [0.3, 0.4) is 0 Å². The summed E-state index contributed by atoms with van der Waals surface area (Å²) in [7, 11) is 1.75. The van der Waals surface area contributed by atoms with E-state index in [1.807, 2.05) is 24.3 Å². The van der Waals surface area contributed by atoms with Gasteiger partial charge in [-0.3, -0.25) is 4.79 Å². The van der Waals surface area contributed by atoms with Gasteiger partial charge in [0.15, 0.2) is 0 Å². The zero-order chi connectivity index (χ0) is 13.0. The van der Waals surface area contributed by atoms with Gasteiger partial charge in [-0.05, 0) is 40.8 Å². The Balaban J connectivity index is 2.11. The van der Waals surface area contributed by atoms with E-state index in [0.29, 0.717) is 5.82 Å². The van der Waals surface area contributed by atoms with Gasteiger partial charge in [-0.25, -0.2) is 9.97 Å². The highest BCUT2D eigenvalue weighted by Crippen LogP contribution is 2.13. The molecule has 0 fully saturated rings. The normalized spacial score (nSPS) is 9.89. The van der Waals surface area contributed by atoms with Crippen molar-refractivity contribution in [1.82, 2.24) is 9.97 Å². The van der Waals surface area contributed by atoms with E-state index in [-0.39, 0.29) is 11.6 Å².